The molecule has 0 aliphatic rings. The van der Waals surface area contributed by atoms with Gasteiger partial charge in [0.25, 0.3) is 0 Å². The second kappa shape index (κ2) is 4.44. The van der Waals surface area contributed by atoms with Crippen LogP contribution in [0.15, 0.2) is 24.3 Å². The molecule has 0 bridgehead atoms. The van der Waals surface area contributed by atoms with Crippen LogP contribution in [-0.2, 0) is 6.18 Å². The Hall–Kier alpha value is -1.36. The number of aliphatic hydroxyl groups excluding tert-OH is 1. The van der Waals surface area contributed by atoms with Crippen LogP contribution in [0.3, 0.4) is 0 Å². The van der Waals surface area contributed by atoms with Crippen LogP contribution in [0, 0.1) is 0 Å². The van der Waals surface area contributed by atoms with Gasteiger partial charge in [0.2, 0.25) is 0 Å². The molecule has 1 rings (SSSR count). The van der Waals surface area contributed by atoms with E-state index in [1.54, 1.807) is 0 Å². The summed E-state index contributed by atoms with van der Waals surface area (Å²) in [6, 6.07) is 4.16. The zero-order chi connectivity index (χ0) is 11.5. The van der Waals surface area contributed by atoms with E-state index in [4.69, 9.17) is 5.11 Å². The van der Waals surface area contributed by atoms with Crippen molar-refractivity contribution in [3.8, 4) is 0 Å². The lowest BCUT2D eigenvalue weighted by atomic mass is 10.1. The molecule has 0 aromatic heterocycles. The van der Waals surface area contributed by atoms with E-state index in [1.807, 2.05) is 0 Å². The number of rotatable bonds is 3. The Balaban J connectivity index is 2.98. The minimum absolute atomic E-state index is 0.0288. The first kappa shape index (κ1) is 11.7. The summed E-state index contributed by atoms with van der Waals surface area (Å²) in [7, 11) is 0. The van der Waals surface area contributed by atoms with Gasteiger partial charge in [-0.15, -0.1) is 0 Å². The van der Waals surface area contributed by atoms with E-state index in [0.717, 1.165) is 12.1 Å². The van der Waals surface area contributed by atoms with Gasteiger partial charge in [0.05, 0.1) is 12.2 Å². The molecule has 0 unspecified atom stereocenters. The van der Waals surface area contributed by atoms with Gasteiger partial charge in [-0.25, -0.2) is 0 Å². The number of halogens is 3. The average molecular weight is 218 g/mol. The minimum Gasteiger partial charge on any atom is -0.396 e. The lowest BCUT2D eigenvalue weighted by Gasteiger charge is -2.07. The van der Waals surface area contributed by atoms with E-state index in [0.29, 0.717) is 0 Å². The van der Waals surface area contributed by atoms with Crippen LogP contribution in [0.2, 0.25) is 0 Å². The molecule has 0 saturated carbocycles. The standard InChI is InChI=1S/C10H9F3O2/c11-10(12,13)8-3-1-2-7(6-8)9(15)4-5-14/h1-3,6,14H,4-5H2. The Kier molecular flexibility index (Phi) is 3.47. The molecule has 0 spiro atoms. The van der Waals surface area contributed by atoms with E-state index in [-0.39, 0.29) is 18.6 Å². The Morgan fingerprint density at radius 2 is 2.00 bits per heavy atom. The fourth-order valence-corrected chi connectivity index (χ4v) is 1.11. The van der Waals surface area contributed by atoms with Gasteiger partial charge in [-0.05, 0) is 12.1 Å². The topological polar surface area (TPSA) is 37.3 Å². The Bertz CT molecular complexity index is 358. The molecule has 0 aliphatic carbocycles. The molecule has 1 aromatic carbocycles. The molecule has 1 aromatic rings. The van der Waals surface area contributed by atoms with Gasteiger partial charge < -0.3 is 5.11 Å². The smallest absolute Gasteiger partial charge is 0.396 e. The lowest BCUT2D eigenvalue weighted by molar-refractivity contribution is -0.137. The molecule has 82 valence electrons. The van der Waals surface area contributed by atoms with Crippen molar-refractivity contribution in [1.29, 1.82) is 0 Å². The van der Waals surface area contributed by atoms with Crippen LogP contribution in [0.5, 0.6) is 0 Å². The van der Waals surface area contributed by atoms with Crippen LogP contribution in [0.4, 0.5) is 13.2 Å². The second-order valence-corrected chi connectivity index (χ2v) is 2.98. The van der Waals surface area contributed by atoms with Crippen molar-refractivity contribution < 1.29 is 23.1 Å². The molecule has 15 heavy (non-hydrogen) atoms. The van der Waals surface area contributed by atoms with Crippen molar-refractivity contribution in [3.05, 3.63) is 35.4 Å². The Morgan fingerprint density at radius 3 is 2.53 bits per heavy atom. The number of benzene rings is 1. The minimum atomic E-state index is -4.45. The molecule has 1 N–H and O–H groups in total. The monoisotopic (exact) mass is 218 g/mol. The maximum Gasteiger partial charge on any atom is 0.416 e. The second-order valence-electron chi connectivity index (χ2n) is 2.98. The summed E-state index contributed by atoms with van der Waals surface area (Å²) >= 11 is 0. The van der Waals surface area contributed by atoms with Gasteiger partial charge in [-0.1, -0.05) is 12.1 Å². The first-order valence-corrected chi connectivity index (χ1v) is 4.26. The van der Waals surface area contributed by atoms with Crippen molar-refractivity contribution >= 4 is 5.78 Å². The van der Waals surface area contributed by atoms with E-state index >= 15 is 0 Å². The number of aliphatic hydroxyl groups is 1. The summed E-state index contributed by atoms with van der Waals surface area (Å²) in [5.74, 6) is -0.497. The number of hydrogen-bond acceptors (Lipinski definition) is 2. The highest BCUT2D eigenvalue weighted by molar-refractivity contribution is 5.96. The maximum absolute atomic E-state index is 12.3. The molecule has 2 nitrogen and oxygen atoms in total. The maximum atomic E-state index is 12.3. The van der Waals surface area contributed by atoms with E-state index in [9.17, 15) is 18.0 Å². The largest absolute Gasteiger partial charge is 0.416 e. The number of alkyl halides is 3. The van der Waals surface area contributed by atoms with Crippen LogP contribution in [0.1, 0.15) is 22.3 Å². The van der Waals surface area contributed by atoms with E-state index in [1.165, 1.54) is 12.1 Å². The molecule has 0 fully saturated rings. The lowest BCUT2D eigenvalue weighted by Crippen LogP contribution is -2.08. The van der Waals surface area contributed by atoms with E-state index < -0.39 is 17.5 Å². The highest BCUT2D eigenvalue weighted by Gasteiger charge is 2.30. The molecule has 0 amide bonds. The molecular weight excluding hydrogens is 209 g/mol. The third-order valence-electron chi connectivity index (χ3n) is 1.85. The number of Topliss-reactive ketones (excluding diaryl/α,β-unsaturated/α-hetero) is 1. The Morgan fingerprint density at radius 1 is 1.33 bits per heavy atom. The number of carbonyl (C=O) groups excluding carboxylic acids is 1. The summed E-state index contributed by atoms with van der Waals surface area (Å²) in [5, 5.41) is 8.48. The van der Waals surface area contributed by atoms with Crippen LogP contribution >= 0.6 is 0 Å². The summed E-state index contributed by atoms with van der Waals surface area (Å²) in [6.07, 6.45) is -4.61. The summed E-state index contributed by atoms with van der Waals surface area (Å²) in [4.78, 5) is 11.2. The first-order chi connectivity index (χ1) is 6.95. The molecule has 0 atom stereocenters. The van der Waals surface area contributed by atoms with Crippen molar-refractivity contribution in [2.45, 2.75) is 12.6 Å². The van der Waals surface area contributed by atoms with Crippen molar-refractivity contribution in [2.24, 2.45) is 0 Å². The van der Waals surface area contributed by atoms with Gasteiger partial charge in [0.15, 0.2) is 5.78 Å². The molecule has 0 saturated heterocycles. The predicted molar refractivity (Wildman–Crippen MR) is 47.5 cm³/mol. The van der Waals surface area contributed by atoms with Crippen LogP contribution < -0.4 is 0 Å². The third kappa shape index (κ3) is 3.06. The fraction of sp³-hybridized carbons (Fsp3) is 0.300. The SMILES string of the molecule is O=C(CCO)c1cccc(C(F)(F)F)c1. The molecule has 0 radical (unpaired) electrons. The van der Waals surface area contributed by atoms with Crippen molar-refractivity contribution in [2.75, 3.05) is 6.61 Å². The van der Waals surface area contributed by atoms with Gasteiger partial charge >= 0.3 is 6.18 Å². The predicted octanol–water partition coefficient (Wildman–Crippen LogP) is 2.27. The molecule has 0 heterocycles. The third-order valence-corrected chi connectivity index (χ3v) is 1.85. The summed E-state index contributed by atoms with van der Waals surface area (Å²) in [5.41, 5.74) is -0.884. The zero-order valence-corrected chi connectivity index (χ0v) is 7.71. The number of carbonyl (C=O) groups is 1. The summed E-state index contributed by atoms with van der Waals surface area (Å²) in [6.45, 7) is -0.366. The highest BCUT2D eigenvalue weighted by Crippen LogP contribution is 2.29. The van der Waals surface area contributed by atoms with Crippen LogP contribution in [0.25, 0.3) is 0 Å². The van der Waals surface area contributed by atoms with Crippen molar-refractivity contribution in [1.82, 2.24) is 0 Å². The van der Waals surface area contributed by atoms with Crippen LogP contribution in [-0.4, -0.2) is 17.5 Å². The zero-order valence-electron chi connectivity index (χ0n) is 7.71. The number of ketones is 1. The number of hydrogen-bond donors (Lipinski definition) is 1. The van der Waals surface area contributed by atoms with Gasteiger partial charge in [0, 0.05) is 12.0 Å². The Labute approximate surface area is 84.3 Å². The average Bonchev–Trinajstić information content (AvgIpc) is 2.17. The fourth-order valence-electron chi connectivity index (χ4n) is 1.11. The molecule has 5 heteroatoms. The van der Waals surface area contributed by atoms with Gasteiger partial charge in [0.1, 0.15) is 0 Å². The molecule has 0 aliphatic heterocycles. The first-order valence-electron chi connectivity index (χ1n) is 4.26. The summed E-state index contributed by atoms with van der Waals surface area (Å²) < 4.78 is 36.8. The highest BCUT2D eigenvalue weighted by atomic mass is 19.4. The van der Waals surface area contributed by atoms with Gasteiger partial charge in [-0.3, -0.25) is 4.79 Å². The van der Waals surface area contributed by atoms with Crippen molar-refractivity contribution in [3.63, 3.8) is 0 Å². The quantitative estimate of drug-likeness (QED) is 0.790. The normalized spacial score (nSPS) is 11.5. The molecular formula is C10H9F3O2. The van der Waals surface area contributed by atoms with Gasteiger partial charge in [-0.2, -0.15) is 13.2 Å². The van der Waals surface area contributed by atoms with E-state index in [2.05, 4.69) is 0 Å².